The molecule has 6 rings (SSSR count). The molecule has 0 aliphatic carbocycles. The smallest absolute Gasteiger partial charge is 0.326 e. The molecule has 2 aromatic heterocycles. The number of fused-ring (bicyclic) bond motifs is 2. The number of likely N-dealkylation sites (tertiary alicyclic amines) is 1. The molecule has 0 saturated carbocycles. The van der Waals surface area contributed by atoms with Gasteiger partial charge in [0.05, 0.1) is 12.5 Å². The van der Waals surface area contributed by atoms with E-state index in [1.165, 1.54) is 36.1 Å². The monoisotopic (exact) mass is 1740 g/mol. The number of nitrogens with two attached hydrogens (primary N) is 2. The van der Waals surface area contributed by atoms with Gasteiger partial charge in [-0.25, -0.2) is 4.79 Å². The number of phenolic OH excluding ortho intramolecular Hbond substituents is 1. The third-order valence-electron chi connectivity index (χ3n) is 20.1. The summed E-state index contributed by atoms with van der Waals surface area (Å²) in [6.45, 7) is 10.8. The molecule has 122 heavy (non-hydrogen) atoms. The van der Waals surface area contributed by atoms with Gasteiger partial charge in [-0.2, -0.15) is 25.3 Å². The number of aromatic nitrogens is 2. The maximum absolute atomic E-state index is 15.2. The second kappa shape index (κ2) is 47.0. The van der Waals surface area contributed by atoms with E-state index in [1.807, 2.05) is 0 Å². The number of aromatic hydroxyl groups is 1. The Bertz CT molecular complexity index is 4620. The molecule has 42 heteroatoms. The van der Waals surface area contributed by atoms with E-state index >= 15 is 9.59 Å². The molecule has 1 aliphatic rings. The molecule has 3 aromatic carbocycles. The van der Waals surface area contributed by atoms with Crippen LogP contribution in [0.25, 0.3) is 21.8 Å². The molecule has 3 heterocycles. The summed E-state index contributed by atoms with van der Waals surface area (Å²) in [6.07, 6.45) is -1.49. The first kappa shape index (κ1) is 98.5. The Morgan fingerprint density at radius 2 is 0.852 bits per heavy atom. The number of hydrogen-bond acceptors (Lipinski definition) is 22. The van der Waals surface area contributed by atoms with Gasteiger partial charge in [0, 0.05) is 90.8 Å². The zero-order valence-electron chi connectivity index (χ0n) is 68.3. The third-order valence-corrected chi connectivity index (χ3v) is 20.8. The van der Waals surface area contributed by atoms with E-state index in [0.29, 0.717) is 38.5 Å². The van der Waals surface area contributed by atoms with E-state index in [1.54, 1.807) is 102 Å². The molecule has 23 N–H and O–H groups in total. The van der Waals surface area contributed by atoms with Crippen LogP contribution in [0.5, 0.6) is 5.75 Å². The molecule has 40 nitrogen and oxygen atoms in total. The van der Waals surface area contributed by atoms with Crippen molar-refractivity contribution >= 4 is 154 Å². The van der Waals surface area contributed by atoms with Crippen molar-refractivity contribution in [2.24, 2.45) is 29.2 Å². The number of H-pyrrole nitrogens is 2. The number of hydrogen-bond donors (Lipinski definition) is 23. The summed E-state index contributed by atoms with van der Waals surface area (Å²) in [5.74, 6) is -22.0. The number of benzene rings is 3. The fourth-order valence-corrected chi connectivity index (χ4v) is 13.9. The average molecular weight is 1740 g/mol. The van der Waals surface area contributed by atoms with Crippen molar-refractivity contribution in [1.29, 1.82) is 0 Å². The van der Waals surface area contributed by atoms with Crippen LogP contribution in [0.4, 0.5) is 0 Å². The predicted molar refractivity (Wildman–Crippen MR) is 446 cm³/mol. The summed E-state index contributed by atoms with van der Waals surface area (Å²) < 4.78 is 0. The van der Waals surface area contributed by atoms with Crippen LogP contribution < -0.4 is 75.3 Å². The number of aliphatic carboxylic acids is 4. The molecule has 1 saturated heterocycles. The van der Waals surface area contributed by atoms with Crippen LogP contribution in [0.15, 0.2) is 85.2 Å². The molecule has 1 aliphatic heterocycles. The summed E-state index contributed by atoms with van der Waals surface area (Å²) >= 11 is 8.50. The van der Waals surface area contributed by atoms with E-state index in [0.717, 1.165) is 0 Å². The highest BCUT2D eigenvalue weighted by Crippen LogP contribution is 2.26. The summed E-state index contributed by atoms with van der Waals surface area (Å²) in [4.78, 5) is 252. The number of carboxylic acids is 4. The second-order valence-corrected chi connectivity index (χ2v) is 31.6. The largest absolute Gasteiger partial charge is 0.508 e. The minimum Gasteiger partial charge on any atom is -0.508 e. The summed E-state index contributed by atoms with van der Waals surface area (Å²) in [5.41, 5.74) is 13.7. The summed E-state index contributed by atoms with van der Waals surface area (Å²) in [6, 6.07) is -2.07. The van der Waals surface area contributed by atoms with E-state index in [9.17, 15) is 97.1 Å². The van der Waals surface area contributed by atoms with Crippen LogP contribution in [0.3, 0.4) is 0 Å². The van der Waals surface area contributed by atoms with Gasteiger partial charge in [0.2, 0.25) is 82.7 Å². The number of carboxylic acid groups (broad SMARTS) is 4. The minimum atomic E-state index is -1.77. The first-order chi connectivity index (χ1) is 57.6. The lowest BCUT2D eigenvalue weighted by molar-refractivity contribution is -0.143. The number of phenols is 1. The zero-order valence-corrected chi connectivity index (χ0v) is 70.1. The number of carbonyl (C=O) groups is 18. The molecule has 14 atom stereocenters. The number of carbonyl (C=O) groups excluding carboxylic acids is 14. The first-order valence-electron chi connectivity index (χ1n) is 39.6. The van der Waals surface area contributed by atoms with Crippen molar-refractivity contribution in [3.05, 3.63) is 102 Å². The highest BCUT2D eigenvalue weighted by Gasteiger charge is 2.43. The predicted octanol–water partition coefficient (Wildman–Crippen LogP) is -1.69. The molecule has 0 bridgehead atoms. The fraction of sp³-hybridized carbons (Fsp3) is 0.500. The summed E-state index contributed by atoms with van der Waals surface area (Å²) in [7, 11) is 0. The van der Waals surface area contributed by atoms with E-state index in [-0.39, 0.29) is 68.9 Å². The Morgan fingerprint density at radius 1 is 0.451 bits per heavy atom. The van der Waals surface area contributed by atoms with Crippen molar-refractivity contribution in [2.45, 2.75) is 217 Å². The maximum Gasteiger partial charge on any atom is 0.326 e. The van der Waals surface area contributed by atoms with Gasteiger partial charge < -0.3 is 116 Å². The van der Waals surface area contributed by atoms with Gasteiger partial charge in [0.25, 0.3) is 0 Å². The lowest BCUT2D eigenvalue weighted by Gasteiger charge is -2.31. The average Bonchev–Trinajstić information content (AvgIpc) is 1.64. The van der Waals surface area contributed by atoms with Crippen molar-refractivity contribution in [3.8, 4) is 5.75 Å². The Labute approximate surface area is 712 Å². The number of nitrogens with one attached hydrogen (secondary N) is 14. The zero-order chi connectivity index (χ0) is 90.5. The second-order valence-electron chi connectivity index (χ2n) is 30.8. The first-order valence-corrected chi connectivity index (χ1v) is 40.8. The quantitative estimate of drug-likeness (QED) is 0.0193. The van der Waals surface area contributed by atoms with Crippen molar-refractivity contribution in [1.82, 2.24) is 78.7 Å². The van der Waals surface area contributed by atoms with Gasteiger partial charge in [-0.05, 0) is 104 Å². The molecule has 0 unspecified atom stereocenters. The number of aromatic amines is 2. The number of thiol groups is 2. The Kier molecular flexibility index (Phi) is 38.0. The van der Waals surface area contributed by atoms with Crippen molar-refractivity contribution in [2.75, 3.05) is 18.1 Å². The van der Waals surface area contributed by atoms with Crippen molar-refractivity contribution in [3.63, 3.8) is 0 Å². The topological polar surface area (TPSA) is 640 Å². The van der Waals surface area contributed by atoms with Crippen LogP contribution >= 0.6 is 25.3 Å². The molecular weight excluding hydrogens is 1630 g/mol. The Balaban J connectivity index is 1.21. The van der Waals surface area contributed by atoms with Gasteiger partial charge in [0.1, 0.15) is 84.3 Å². The number of amides is 14. The normalized spacial score (nSPS) is 15.8. The molecule has 1 fully saturated rings. The molecule has 0 spiro atoms. The van der Waals surface area contributed by atoms with Gasteiger partial charge in [-0.15, -0.1) is 0 Å². The number of rotatable bonds is 49. The van der Waals surface area contributed by atoms with E-state index in [4.69, 9.17) is 16.6 Å². The minimum absolute atomic E-state index is 0.0315. The standard InChI is InChI=1S/C80H109N17O23S2/c1-38(2)29-53(71(110)93-58(36-121)75(114)92-57(80(119)120)33-61(82)99)88-72(111)54(30-42-18-20-45(98)21-19-42)89-73(112)55(31-43-34-83-49-15-10-8-13-46(43)49)90-69(108)51(23-26-63(102)103)86-67(106)41(7)85-77(116)65(39(3)4)96-76(115)60-17-12-28-97(60)79(118)56(32-44-35-84-50-16-11-9-14-47(44)50)91-74(113)59(37-122)94-78(117)66(40(5)6)95-70(109)52(24-27-64(104)105)87-68(107)48(81)22-25-62(100)101/h8-11,13-16,18-21,34-35,38-41,48,51-60,65-66,83-84,98,121-122H,12,17,22-33,36-37,81H2,1-7H3,(H2,82,99)(H,85,116)(H,86,106)(H,87,107)(H,88,111)(H,89,112)(H,90,108)(H,91,113)(H,92,114)(H,93,110)(H,94,117)(H,95,109)(H,96,115)(H,100,101)(H,102,103)(H,104,105)(H,119,120)/t41-,48-,51-,52-,53-,54-,55-,56-,57-,58-,59-,60-,65-,66-/m0/s1. The molecule has 664 valence electrons. The van der Waals surface area contributed by atoms with Gasteiger partial charge >= 0.3 is 23.9 Å². The summed E-state index contributed by atoms with van der Waals surface area (Å²) in [5, 5.41) is 79.8. The SMILES string of the molecule is CC(C)C[C@H](NC(=O)[C@H](Cc1ccc(O)cc1)NC(=O)[C@H](Cc1c[nH]c2ccccc12)NC(=O)[C@H](CCC(=O)O)NC(=O)[C@H](C)NC(=O)[C@@H](NC(=O)[C@@H]1CCCN1C(=O)[C@H](Cc1c[nH]c2ccccc12)NC(=O)[C@H](CS)NC(=O)[C@@H](NC(=O)[C@H](CCC(=O)O)NC(=O)[C@@H](N)CCC(=O)O)C(C)C)C(C)C)C(=O)N[C@@H](CS)C(=O)N[C@@H](CC(N)=O)C(=O)O. The Hall–Kier alpha value is -12.3. The van der Waals surface area contributed by atoms with Crippen LogP contribution in [0.1, 0.15) is 129 Å². The van der Waals surface area contributed by atoms with Gasteiger partial charge in [-0.1, -0.05) is 90.1 Å². The number of primary amides is 1. The highest BCUT2D eigenvalue weighted by atomic mass is 32.1. The fourth-order valence-electron chi connectivity index (χ4n) is 13.4. The number of para-hydroxylation sites is 2. The van der Waals surface area contributed by atoms with Crippen LogP contribution in [0, 0.1) is 17.8 Å². The molecule has 14 amide bonds. The lowest BCUT2D eigenvalue weighted by atomic mass is 9.99. The maximum atomic E-state index is 15.2. The van der Waals surface area contributed by atoms with E-state index in [2.05, 4.69) is 99.0 Å². The lowest BCUT2D eigenvalue weighted by Crippen LogP contribution is -2.61. The van der Waals surface area contributed by atoms with E-state index < -0.39 is 247 Å². The third kappa shape index (κ3) is 29.8. The Morgan fingerprint density at radius 3 is 1.34 bits per heavy atom. The molecule has 5 aromatic rings. The van der Waals surface area contributed by atoms with Gasteiger partial charge in [-0.3, -0.25) is 81.5 Å². The number of nitrogens with zero attached hydrogens (tertiary/aromatic N) is 1. The van der Waals surface area contributed by atoms with Gasteiger partial charge in [0.15, 0.2) is 0 Å². The van der Waals surface area contributed by atoms with Crippen LogP contribution in [-0.4, -0.2) is 250 Å². The van der Waals surface area contributed by atoms with Crippen LogP contribution in [-0.2, 0) is 106 Å². The molecule has 0 radical (unpaired) electrons. The van der Waals surface area contributed by atoms with Crippen LogP contribution in [0.2, 0.25) is 0 Å². The molecular formula is C80H109N17O23S2. The highest BCUT2D eigenvalue weighted by molar-refractivity contribution is 7.80. The van der Waals surface area contributed by atoms with Crippen molar-refractivity contribution < 1.29 is 112 Å².